The quantitative estimate of drug-likeness (QED) is 0.637. The van der Waals surface area contributed by atoms with Gasteiger partial charge in [0.1, 0.15) is 0 Å². The number of amides is 1. The molecule has 1 aromatic rings. The Morgan fingerprint density at radius 1 is 1.33 bits per heavy atom. The molecule has 1 aliphatic rings. The maximum atomic E-state index is 11.3. The van der Waals surface area contributed by atoms with Crippen LogP contribution < -0.4 is 4.90 Å². The van der Waals surface area contributed by atoms with Crippen molar-refractivity contribution in [1.82, 2.24) is 0 Å². The van der Waals surface area contributed by atoms with Crippen molar-refractivity contribution in [2.75, 3.05) is 4.90 Å². The van der Waals surface area contributed by atoms with Crippen LogP contribution in [0.25, 0.3) is 0 Å². The normalized spacial score (nSPS) is 17.9. The second-order valence-electron chi connectivity index (χ2n) is 3.57. The number of fused-ring (bicyclic) bond motifs is 1. The molecule has 0 N–H and O–H groups in total. The molecule has 1 unspecified atom stereocenters. The van der Waals surface area contributed by atoms with Crippen molar-refractivity contribution in [3.05, 3.63) is 29.8 Å². The highest BCUT2D eigenvalue weighted by molar-refractivity contribution is 5.94. The summed E-state index contributed by atoms with van der Waals surface area (Å²) in [6.45, 7) is 7.71. The molecule has 2 nitrogen and oxygen atoms in total. The van der Waals surface area contributed by atoms with Crippen LogP contribution >= 0.6 is 0 Å². The van der Waals surface area contributed by atoms with Crippen molar-refractivity contribution >= 4 is 11.6 Å². The zero-order valence-corrected chi connectivity index (χ0v) is 9.95. The SMILES string of the molecule is CC.CC(=O)N1c2ccccc2CC1C. The van der Waals surface area contributed by atoms with E-state index in [0.717, 1.165) is 12.1 Å². The van der Waals surface area contributed by atoms with Crippen molar-refractivity contribution in [2.24, 2.45) is 0 Å². The van der Waals surface area contributed by atoms with E-state index in [-0.39, 0.29) is 5.91 Å². The topological polar surface area (TPSA) is 20.3 Å². The summed E-state index contributed by atoms with van der Waals surface area (Å²) in [7, 11) is 0. The lowest BCUT2D eigenvalue weighted by molar-refractivity contribution is -0.116. The van der Waals surface area contributed by atoms with Crippen LogP contribution in [0.5, 0.6) is 0 Å². The minimum atomic E-state index is 0.137. The summed E-state index contributed by atoms with van der Waals surface area (Å²) >= 11 is 0. The average molecular weight is 205 g/mol. The van der Waals surface area contributed by atoms with Crippen LogP contribution in [0, 0.1) is 0 Å². The molecule has 1 amide bonds. The van der Waals surface area contributed by atoms with Gasteiger partial charge in [0.25, 0.3) is 0 Å². The van der Waals surface area contributed by atoms with Crippen LogP contribution in [0.3, 0.4) is 0 Å². The third-order valence-electron chi connectivity index (χ3n) is 2.55. The van der Waals surface area contributed by atoms with Gasteiger partial charge >= 0.3 is 0 Å². The summed E-state index contributed by atoms with van der Waals surface area (Å²) in [4.78, 5) is 13.2. The number of anilines is 1. The van der Waals surface area contributed by atoms with Gasteiger partial charge in [0, 0.05) is 18.7 Å². The predicted octanol–water partition coefficient (Wildman–Crippen LogP) is 3.01. The summed E-state index contributed by atoms with van der Waals surface area (Å²) < 4.78 is 0. The molecule has 82 valence electrons. The highest BCUT2D eigenvalue weighted by atomic mass is 16.2. The van der Waals surface area contributed by atoms with Gasteiger partial charge in [-0.25, -0.2) is 0 Å². The van der Waals surface area contributed by atoms with Crippen LogP contribution in [-0.2, 0) is 11.2 Å². The van der Waals surface area contributed by atoms with Crippen molar-refractivity contribution in [1.29, 1.82) is 0 Å². The minimum absolute atomic E-state index is 0.137. The molecule has 1 heterocycles. The van der Waals surface area contributed by atoms with Gasteiger partial charge < -0.3 is 4.90 Å². The van der Waals surface area contributed by atoms with Gasteiger partial charge in [-0.2, -0.15) is 0 Å². The van der Waals surface area contributed by atoms with E-state index in [2.05, 4.69) is 13.0 Å². The Morgan fingerprint density at radius 2 is 1.93 bits per heavy atom. The Balaban J connectivity index is 0.000000531. The van der Waals surface area contributed by atoms with Gasteiger partial charge in [0.15, 0.2) is 0 Å². The van der Waals surface area contributed by atoms with E-state index < -0.39 is 0 Å². The number of benzene rings is 1. The first kappa shape index (κ1) is 11.8. The van der Waals surface area contributed by atoms with E-state index in [1.807, 2.05) is 36.9 Å². The lowest BCUT2D eigenvalue weighted by Crippen LogP contribution is -2.33. The van der Waals surface area contributed by atoms with E-state index in [4.69, 9.17) is 0 Å². The summed E-state index contributed by atoms with van der Waals surface area (Å²) in [5.74, 6) is 0.137. The van der Waals surface area contributed by atoms with Crippen molar-refractivity contribution in [3.63, 3.8) is 0 Å². The summed E-state index contributed by atoms with van der Waals surface area (Å²) in [5.41, 5.74) is 2.37. The number of carbonyl (C=O) groups is 1. The molecule has 0 radical (unpaired) electrons. The van der Waals surface area contributed by atoms with Crippen molar-refractivity contribution < 1.29 is 4.79 Å². The molecule has 0 aromatic heterocycles. The molecule has 2 heteroatoms. The third kappa shape index (κ3) is 2.20. The molecule has 0 saturated heterocycles. The van der Waals surface area contributed by atoms with Crippen molar-refractivity contribution in [2.45, 2.75) is 40.2 Å². The molecule has 0 bridgehead atoms. The summed E-state index contributed by atoms with van der Waals surface area (Å²) in [6.07, 6.45) is 0.982. The minimum Gasteiger partial charge on any atom is -0.309 e. The van der Waals surface area contributed by atoms with E-state index in [9.17, 15) is 4.79 Å². The van der Waals surface area contributed by atoms with Gasteiger partial charge in [0.05, 0.1) is 0 Å². The van der Waals surface area contributed by atoms with Gasteiger partial charge in [-0.3, -0.25) is 4.79 Å². The van der Waals surface area contributed by atoms with Crippen molar-refractivity contribution in [3.8, 4) is 0 Å². The number of hydrogen-bond acceptors (Lipinski definition) is 1. The van der Waals surface area contributed by atoms with Crippen LogP contribution in [-0.4, -0.2) is 11.9 Å². The Kier molecular flexibility index (Phi) is 3.89. The Morgan fingerprint density at radius 3 is 2.53 bits per heavy atom. The van der Waals surface area contributed by atoms with E-state index in [0.29, 0.717) is 6.04 Å². The van der Waals surface area contributed by atoms with Crippen LogP contribution in [0.2, 0.25) is 0 Å². The fourth-order valence-electron chi connectivity index (χ4n) is 2.05. The second kappa shape index (κ2) is 4.96. The van der Waals surface area contributed by atoms with Crippen LogP contribution in [0.15, 0.2) is 24.3 Å². The van der Waals surface area contributed by atoms with Gasteiger partial charge in [-0.05, 0) is 25.0 Å². The second-order valence-corrected chi connectivity index (χ2v) is 3.57. The molecular formula is C13H19NO. The molecule has 0 spiro atoms. The van der Waals surface area contributed by atoms with Crippen LogP contribution in [0.1, 0.15) is 33.3 Å². The van der Waals surface area contributed by atoms with Gasteiger partial charge in [-0.1, -0.05) is 32.0 Å². The fourth-order valence-corrected chi connectivity index (χ4v) is 2.05. The highest BCUT2D eigenvalue weighted by Gasteiger charge is 2.27. The first-order valence-corrected chi connectivity index (χ1v) is 5.58. The predicted molar refractivity (Wildman–Crippen MR) is 64.1 cm³/mol. The maximum absolute atomic E-state index is 11.3. The lowest BCUT2D eigenvalue weighted by Gasteiger charge is -2.20. The molecule has 1 aromatic carbocycles. The zero-order valence-electron chi connectivity index (χ0n) is 9.95. The van der Waals surface area contributed by atoms with Crippen LogP contribution in [0.4, 0.5) is 5.69 Å². The standard InChI is InChI=1S/C11H13NO.C2H6/c1-8-7-10-5-3-4-6-11(10)12(8)9(2)13;1-2/h3-6,8H,7H2,1-2H3;1-2H3. The summed E-state index contributed by atoms with van der Waals surface area (Å²) in [6, 6.07) is 8.42. The molecule has 1 atom stereocenters. The molecule has 0 aliphatic carbocycles. The first-order valence-electron chi connectivity index (χ1n) is 5.58. The highest BCUT2D eigenvalue weighted by Crippen LogP contribution is 2.31. The van der Waals surface area contributed by atoms with Gasteiger partial charge in [-0.15, -0.1) is 0 Å². The fraction of sp³-hybridized carbons (Fsp3) is 0.462. The van der Waals surface area contributed by atoms with Gasteiger partial charge in [0.2, 0.25) is 5.91 Å². The zero-order chi connectivity index (χ0) is 11.4. The molecule has 15 heavy (non-hydrogen) atoms. The van der Waals surface area contributed by atoms with E-state index in [1.165, 1.54) is 5.56 Å². The number of nitrogens with zero attached hydrogens (tertiary/aromatic N) is 1. The van der Waals surface area contributed by atoms with E-state index >= 15 is 0 Å². The molecule has 1 aliphatic heterocycles. The largest absolute Gasteiger partial charge is 0.309 e. The number of carbonyl (C=O) groups excluding carboxylic acids is 1. The number of rotatable bonds is 0. The molecule has 2 rings (SSSR count). The molecular weight excluding hydrogens is 186 g/mol. The molecule has 0 saturated carbocycles. The smallest absolute Gasteiger partial charge is 0.224 e. The maximum Gasteiger partial charge on any atom is 0.224 e. The Labute approximate surface area is 91.9 Å². The van der Waals surface area contributed by atoms with E-state index in [1.54, 1.807) is 6.92 Å². The lowest BCUT2D eigenvalue weighted by atomic mass is 10.1. The number of para-hydroxylation sites is 1. The summed E-state index contributed by atoms with van der Waals surface area (Å²) in [5, 5.41) is 0. The number of hydrogen-bond donors (Lipinski definition) is 0. The Bertz CT molecular complexity index is 346. The first-order chi connectivity index (χ1) is 7.20. The molecule has 0 fully saturated rings. The average Bonchev–Trinajstić information content (AvgIpc) is 2.56. The Hall–Kier alpha value is -1.31. The third-order valence-corrected chi connectivity index (χ3v) is 2.55. The monoisotopic (exact) mass is 205 g/mol.